The average molecular weight is 405 g/mol. The Kier molecular flexibility index (Phi) is 5.32. The van der Waals surface area contributed by atoms with Gasteiger partial charge in [-0.25, -0.2) is 9.97 Å². The average Bonchev–Trinajstić information content (AvgIpc) is 3.13. The van der Waals surface area contributed by atoms with Crippen LogP contribution in [0.4, 0.5) is 0 Å². The summed E-state index contributed by atoms with van der Waals surface area (Å²) in [6.45, 7) is 3.97. The zero-order valence-electron chi connectivity index (χ0n) is 18.0. The minimum Gasteiger partial charge on any atom is -0.342 e. The highest BCUT2D eigenvalue weighted by molar-refractivity contribution is 5.77. The molecule has 2 aliphatic heterocycles. The molecule has 5 nitrogen and oxygen atoms in total. The lowest BCUT2D eigenvalue weighted by molar-refractivity contribution is -0.134. The molecule has 0 saturated carbocycles. The number of nitrogens with zero attached hydrogens (tertiary/aromatic N) is 4. The summed E-state index contributed by atoms with van der Waals surface area (Å²) in [6.07, 6.45) is 9.37. The minimum atomic E-state index is 0.0164. The Bertz CT molecular complexity index is 903. The summed E-state index contributed by atoms with van der Waals surface area (Å²) in [5.74, 6) is 1.72. The zero-order valence-corrected chi connectivity index (χ0v) is 18.0. The molecule has 1 aromatic heterocycles. The van der Waals surface area contributed by atoms with Crippen LogP contribution in [0.3, 0.4) is 0 Å². The van der Waals surface area contributed by atoms with Gasteiger partial charge in [0, 0.05) is 36.7 Å². The van der Waals surface area contributed by atoms with Gasteiger partial charge in [0.1, 0.15) is 0 Å². The number of likely N-dealkylation sites (tertiary alicyclic amines) is 2. The lowest BCUT2D eigenvalue weighted by Gasteiger charge is -2.41. The summed E-state index contributed by atoms with van der Waals surface area (Å²) in [4.78, 5) is 27.4. The Morgan fingerprint density at radius 2 is 1.93 bits per heavy atom. The Labute approximate surface area is 179 Å². The van der Waals surface area contributed by atoms with Gasteiger partial charge in [-0.15, -0.1) is 0 Å². The Balaban J connectivity index is 1.34. The Morgan fingerprint density at radius 3 is 2.73 bits per heavy atom. The van der Waals surface area contributed by atoms with E-state index in [-0.39, 0.29) is 5.41 Å². The number of carbonyl (C=O) groups excluding carboxylic acids is 1. The second kappa shape index (κ2) is 8.10. The molecule has 1 spiro atoms. The van der Waals surface area contributed by atoms with E-state index in [0.717, 1.165) is 82.5 Å². The van der Waals surface area contributed by atoms with Crippen molar-refractivity contribution in [1.29, 1.82) is 0 Å². The summed E-state index contributed by atoms with van der Waals surface area (Å²) < 4.78 is 0. The molecule has 1 aromatic carbocycles. The fourth-order valence-electron chi connectivity index (χ4n) is 5.65. The van der Waals surface area contributed by atoms with Crippen LogP contribution in [0.15, 0.2) is 36.5 Å². The van der Waals surface area contributed by atoms with Crippen molar-refractivity contribution in [3.8, 4) is 11.4 Å². The van der Waals surface area contributed by atoms with Gasteiger partial charge in [-0.2, -0.15) is 0 Å². The number of aryl methyl sites for hydroxylation is 1. The molecule has 5 rings (SSSR count). The van der Waals surface area contributed by atoms with E-state index in [9.17, 15) is 4.79 Å². The third-order valence-electron chi connectivity index (χ3n) is 7.50. The van der Waals surface area contributed by atoms with E-state index >= 15 is 0 Å². The quantitative estimate of drug-likeness (QED) is 0.783. The Morgan fingerprint density at radius 1 is 1.13 bits per heavy atom. The van der Waals surface area contributed by atoms with Crippen LogP contribution >= 0.6 is 0 Å². The second-order valence-electron chi connectivity index (χ2n) is 9.58. The van der Waals surface area contributed by atoms with Gasteiger partial charge in [0.05, 0.1) is 5.69 Å². The van der Waals surface area contributed by atoms with E-state index in [1.54, 1.807) is 0 Å². The van der Waals surface area contributed by atoms with Gasteiger partial charge < -0.3 is 9.80 Å². The topological polar surface area (TPSA) is 49.3 Å². The third-order valence-corrected chi connectivity index (χ3v) is 7.50. The van der Waals surface area contributed by atoms with Crippen LogP contribution < -0.4 is 0 Å². The number of benzene rings is 1. The molecule has 3 heterocycles. The van der Waals surface area contributed by atoms with Crippen molar-refractivity contribution >= 4 is 5.91 Å². The van der Waals surface area contributed by atoms with Gasteiger partial charge in [-0.1, -0.05) is 30.3 Å². The first-order valence-corrected chi connectivity index (χ1v) is 11.5. The van der Waals surface area contributed by atoms with Crippen LogP contribution in [0.25, 0.3) is 11.4 Å². The fourth-order valence-corrected chi connectivity index (χ4v) is 5.65. The van der Waals surface area contributed by atoms with Crippen molar-refractivity contribution in [3.63, 3.8) is 0 Å². The van der Waals surface area contributed by atoms with Gasteiger partial charge in [0.25, 0.3) is 0 Å². The lowest BCUT2D eigenvalue weighted by Crippen LogP contribution is -2.48. The second-order valence-corrected chi connectivity index (χ2v) is 9.58. The molecule has 0 bridgehead atoms. The van der Waals surface area contributed by atoms with Gasteiger partial charge in [0.15, 0.2) is 5.82 Å². The number of aromatic nitrogens is 2. The molecule has 1 unspecified atom stereocenters. The molecule has 30 heavy (non-hydrogen) atoms. The third kappa shape index (κ3) is 3.76. The largest absolute Gasteiger partial charge is 0.342 e. The van der Waals surface area contributed by atoms with E-state index in [0.29, 0.717) is 11.8 Å². The molecule has 1 atom stereocenters. The monoisotopic (exact) mass is 404 g/mol. The molecule has 2 aromatic rings. The molecule has 158 valence electrons. The molecule has 0 radical (unpaired) electrons. The van der Waals surface area contributed by atoms with Crippen LogP contribution in [0.2, 0.25) is 0 Å². The van der Waals surface area contributed by atoms with Gasteiger partial charge in [-0.05, 0) is 70.1 Å². The number of fused-ring (bicyclic) bond motifs is 2. The van der Waals surface area contributed by atoms with E-state index in [4.69, 9.17) is 4.98 Å². The molecule has 0 N–H and O–H groups in total. The first-order valence-electron chi connectivity index (χ1n) is 11.5. The maximum Gasteiger partial charge on any atom is 0.222 e. The van der Waals surface area contributed by atoms with Crippen molar-refractivity contribution < 1.29 is 4.79 Å². The molecule has 5 heteroatoms. The lowest BCUT2D eigenvalue weighted by atomic mass is 9.77. The SMILES string of the molecule is CN1CCC(CC(=O)N2CCCC3(CCc4cnc(-c5ccccc5)nc43)C2)CC1. The maximum absolute atomic E-state index is 13.2. The summed E-state index contributed by atoms with van der Waals surface area (Å²) in [5.41, 5.74) is 3.56. The first-order chi connectivity index (χ1) is 14.6. The smallest absolute Gasteiger partial charge is 0.222 e. The van der Waals surface area contributed by atoms with Crippen LogP contribution in [-0.2, 0) is 16.6 Å². The highest BCUT2D eigenvalue weighted by Crippen LogP contribution is 2.44. The van der Waals surface area contributed by atoms with Crippen LogP contribution in [0.5, 0.6) is 0 Å². The van der Waals surface area contributed by atoms with E-state index in [1.807, 2.05) is 24.4 Å². The standard InChI is InChI=1S/C25H32N4O/c1-28-14-9-19(10-15-28)16-22(30)29-13-5-11-25(18-29)12-8-21-17-26-24(27-23(21)25)20-6-3-2-4-7-20/h2-4,6-7,17,19H,5,8-16,18H2,1H3. The van der Waals surface area contributed by atoms with E-state index in [1.165, 1.54) is 11.3 Å². The van der Waals surface area contributed by atoms with Crippen molar-refractivity contribution in [2.24, 2.45) is 5.92 Å². The van der Waals surface area contributed by atoms with Crippen LogP contribution in [-0.4, -0.2) is 58.9 Å². The summed E-state index contributed by atoms with van der Waals surface area (Å²) >= 11 is 0. The van der Waals surface area contributed by atoms with E-state index < -0.39 is 0 Å². The zero-order chi connectivity index (χ0) is 20.6. The van der Waals surface area contributed by atoms with Crippen molar-refractivity contribution in [2.45, 2.75) is 50.4 Å². The minimum absolute atomic E-state index is 0.0164. The first kappa shape index (κ1) is 19.7. The van der Waals surface area contributed by atoms with Crippen molar-refractivity contribution in [1.82, 2.24) is 19.8 Å². The predicted octanol–water partition coefficient (Wildman–Crippen LogP) is 3.68. The summed E-state index contributed by atoms with van der Waals surface area (Å²) in [7, 11) is 2.18. The molecular weight excluding hydrogens is 372 g/mol. The number of piperidine rings is 2. The van der Waals surface area contributed by atoms with Crippen LogP contribution in [0, 0.1) is 5.92 Å². The van der Waals surface area contributed by atoms with Crippen molar-refractivity contribution in [2.75, 3.05) is 33.2 Å². The van der Waals surface area contributed by atoms with Crippen molar-refractivity contribution in [3.05, 3.63) is 47.8 Å². The fraction of sp³-hybridized carbons (Fsp3) is 0.560. The van der Waals surface area contributed by atoms with Gasteiger partial charge >= 0.3 is 0 Å². The normalized spacial score (nSPS) is 24.9. The van der Waals surface area contributed by atoms with Gasteiger partial charge in [-0.3, -0.25) is 4.79 Å². The number of hydrogen-bond acceptors (Lipinski definition) is 4. The predicted molar refractivity (Wildman–Crippen MR) is 118 cm³/mol. The number of amides is 1. The molecule has 3 aliphatic rings. The molecule has 1 aliphatic carbocycles. The number of carbonyl (C=O) groups is 1. The van der Waals surface area contributed by atoms with E-state index in [2.05, 4.69) is 34.0 Å². The molecule has 2 saturated heterocycles. The van der Waals surface area contributed by atoms with Gasteiger partial charge in [0.2, 0.25) is 5.91 Å². The number of rotatable bonds is 3. The highest BCUT2D eigenvalue weighted by Gasteiger charge is 2.44. The highest BCUT2D eigenvalue weighted by atomic mass is 16.2. The maximum atomic E-state index is 13.2. The molecular formula is C25H32N4O. The number of hydrogen-bond donors (Lipinski definition) is 0. The molecule has 1 amide bonds. The van der Waals surface area contributed by atoms with Crippen LogP contribution in [0.1, 0.15) is 49.8 Å². The molecule has 2 fully saturated rings. The summed E-state index contributed by atoms with van der Waals surface area (Å²) in [5, 5.41) is 0. The summed E-state index contributed by atoms with van der Waals surface area (Å²) in [6, 6.07) is 10.2. The Hall–Kier alpha value is -2.27.